The molecule has 2 aromatic rings. The number of hydrogen-bond donors (Lipinski definition) is 3. The van der Waals surface area contributed by atoms with Gasteiger partial charge in [-0.05, 0) is 30.2 Å². The summed E-state index contributed by atoms with van der Waals surface area (Å²) in [4.78, 5) is 16.6. The second-order valence-corrected chi connectivity index (χ2v) is 6.00. The molecule has 8 heteroatoms. The number of guanidine groups is 1. The topological polar surface area (TPSA) is 84.0 Å². The van der Waals surface area contributed by atoms with Crippen LogP contribution in [0.5, 0.6) is 11.5 Å². The molecule has 0 unspecified atom stereocenters. The summed E-state index contributed by atoms with van der Waals surface area (Å²) in [6.45, 7) is 3.76. The van der Waals surface area contributed by atoms with E-state index in [1.54, 1.807) is 14.2 Å². The van der Waals surface area contributed by atoms with E-state index in [1.165, 1.54) is 0 Å². The molecule has 0 aromatic heterocycles. The number of carbonyl (C=O) groups is 1. The lowest BCUT2D eigenvalue weighted by atomic mass is 10.2. The zero-order valence-corrected chi connectivity index (χ0v) is 19.4. The molecule has 3 N–H and O–H groups in total. The Labute approximate surface area is 189 Å². The van der Waals surface area contributed by atoms with E-state index in [4.69, 9.17) is 9.47 Å². The standard InChI is InChI=1S/C21H28N4O3.HI/c1-4-22-21(24-14-17-10-11-18(27-2)19(12-17)28-3)25-15-20(26)23-13-16-8-6-5-7-9-16;/h5-12H,4,13-15H2,1-3H3,(H,23,26)(H2,22,24,25);1H. The second-order valence-electron chi connectivity index (χ2n) is 6.00. The number of ether oxygens (including phenoxy) is 2. The van der Waals surface area contributed by atoms with Crippen molar-refractivity contribution >= 4 is 35.8 Å². The molecule has 0 aliphatic heterocycles. The third-order valence-electron chi connectivity index (χ3n) is 3.96. The van der Waals surface area contributed by atoms with Crippen LogP contribution in [-0.2, 0) is 17.9 Å². The van der Waals surface area contributed by atoms with E-state index in [1.807, 2.05) is 55.5 Å². The summed E-state index contributed by atoms with van der Waals surface area (Å²) < 4.78 is 10.6. The lowest BCUT2D eigenvalue weighted by molar-refractivity contribution is -0.120. The zero-order chi connectivity index (χ0) is 20.2. The molecule has 7 nitrogen and oxygen atoms in total. The number of carbonyl (C=O) groups excluding carboxylic acids is 1. The van der Waals surface area contributed by atoms with Crippen molar-refractivity contribution in [2.24, 2.45) is 4.99 Å². The van der Waals surface area contributed by atoms with Crippen molar-refractivity contribution in [1.82, 2.24) is 16.0 Å². The molecule has 2 aromatic carbocycles. The van der Waals surface area contributed by atoms with Crippen LogP contribution in [0.4, 0.5) is 0 Å². The van der Waals surface area contributed by atoms with Crippen LogP contribution in [0.3, 0.4) is 0 Å². The Hall–Kier alpha value is -2.49. The van der Waals surface area contributed by atoms with Crippen molar-refractivity contribution in [3.63, 3.8) is 0 Å². The van der Waals surface area contributed by atoms with E-state index in [-0.39, 0.29) is 36.4 Å². The number of nitrogens with one attached hydrogen (secondary N) is 3. The van der Waals surface area contributed by atoms with E-state index in [9.17, 15) is 4.79 Å². The Morgan fingerprint density at radius 2 is 1.66 bits per heavy atom. The van der Waals surface area contributed by atoms with Crippen LogP contribution in [-0.4, -0.2) is 39.2 Å². The fourth-order valence-electron chi connectivity index (χ4n) is 2.51. The summed E-state index contributed by atoms with van der Waals surface area (Å²) in [5, 5.41) is 9.07. The van der Waals surface area contributed by atoms with Gasteiger partial charge in [0.05, 0.1) is 27.3 Å². The quantitative estimate of drug-likeness (QED) is 0.274. The summed E-state index contributed by atoms with van der Waals surface area (Å²) in [7, 11) is 3.20. The number of hydrogen-bond acceptors (Lipinski definition) is 4. The maximum atomic E-state index is 12.1. The van der Waals surface area contributed by atoms with Gasteiger partial charge in [0, 0.05) is 13.1 Å². The van der Waals surface area contributed by atoms with Crippen LogP contribution in [0.2, 0.25) is 0 Å². The minimum absolute atomic E-state index is 0. The highest BCUT2D eigenvalue weighted by Gasteiger charge is 2.06. The first-order chi connectivity index (χ1) is 13.7. The average Bonchev–Trinajstić information content (AvgIpc) is 2.74. The van der Waals surface area contributed by atoms with Gasteiger partial charge in [0.15, 0.2) is 17.5 Å². The summed E-state index contributed by atoms with van der Waals surface area (Å²) in [6, 6.07) is 15.5. The molecular weight excluding hydrogens is 483 g/mol. The molecular formula is C21H29IN4O3. The number of amides is 1. The molecule has 2 rings (SSSR count). The lowest BCUT2D eigenvalue weighted by Crippen LogP contribution is -2.43. The average molecular weight is 512 g/mol. The molecule has 0 fully saturated rings. The first kappa shape index (κ1) is 24.5. The SMILES string of the molecule is CCNC(=NCc1ccc(OC)c(OC)c1)NCC(=O)NCc1ccccc1.I. The van der Waals surface area contributed by atoms with E-state index >= 15 is 0 Å². The fourth-order valence-corrected chi connectivity index (χ4v) is 2.51. The van der Waals surface area contributed by atoms with Gasteiger partial charge in [0.2, 0.25) is 5.91 Å². The fraction of sp³-hybridized carbons (Fsp3) is 0.333. The van der Waals surface area contributed by atoms with Gasteiger partial charge in [0.1, 0.15) is 0 Å². The highest BCUT2D eigenvalue weighted by atomic mass is 127. The molecule has 0 saturated carbocycles. The van der Waals surface area contributed by atoms with E-state index < -0.39 is 0 Å². The van der Waals surface area contributed by atoms with Crippen LogP contribution < -0.4 is 25.4 Å². The predicted molar refractivity (Wildman–Crippen MR) is 126 cm³/mol. The molecule has 0 saturated heterocycles. The molecule has 0 aliphatic rings. The highest BCUT2D eigenvalue weighted by molar-refractivity contribution is 14.0. The van der Waals surface area contributed by atoms with E-state index in [0.717, 1.165) is 11.1 Å². The minimum atomic E-state index is -0.0967. The summed E-state index contributed by atoms with van der Waals surface area (Å²) in [5.41, 5.74) is 2.04. The van der Waals surface area contributed by atoms with Crippen LogP contribution in [0.1, 0.15) is 18.1 Å². The van der Waals surface area contributed by atoms with Crippen LogP contribution in [0.25, 0.3) is 0 Å². The zero-order valence-electron chi connectivity index (χ0n) is 17.0. The van der Waals surface area contributed by atoms with E-state index in [2.05, 4.69) is 20.9 Å². The first-order valence-corrected chi connectivity index (χ1v) is 9.20. The third kappa shape index (κ3) is 8.59. The van der Waals surface area contributed by atoms with Crippen molar-refractivity contribution < 1.29 is 14.3 Å². The number of rotatable bonds is 9. The van der Waals surface area contributed by atoms with Crippen LogP contribution >= 0.6 is 24.0 Å². The van der Waals surface area contributed by atoms with Crippen molar-refractivity contribution in [1.29, 1.82) is 0 Å². The molecule has 0 radical (unpaired) electrons. The Morgan fingerprint density at radius 3 is 2.31 bits per heavy atom. The molecule has 0 heterocycles. The number of benzene rings is 2. The van der Waals surface area contributed by atoms with Crippen molar-refractivity contribution in [3.05, 3.63) is 59.7 Å². The molecule has 0 aliphatic carbocycles. The minimum Gasteiger partial charge on any atom is -0.493 e. The highest BCUT2D eigenvalue weighted by Crippen LogP contribution is 2.27. The van der Waals surface area contributed by atoms with Gasteiger partial charge in [-0.25, -0.2) is 4.99 Å². The second kappa shape index (κ2) is 13.6. The summed E-state index contributed by atoms with van der Waals surface area (Å²) >= 11 is 0. The van der Waals surface area contributed by atoms with Crippen LogP contribution in [0.15, 0.2) is 53.5 Å². The van der Waals surface area contributed by atoms with Gasteiger partial charge in [-0.2, -0.15) is 0 Å². The number of aliphatic imine (C=N–C) groups is 1. The van der Waals surface area contributed by atoms with Gasteiger partial charge in [0.25, 0.3) is 0 Å². The van der Waals surface area contributed by atoms with Gasteiger partial charge in [-0.1, -0.05) is 36.4 Å². The Morgan fingerprint density at radius 1 is 0.931 bits per heavy atom. The first-order valence-electron chi connectivity index (χ1n) is 9.20. The summed E-state index contributed by atoms with van der Waals surface area (Å²) in [5.74, 6) is 1.82. The van der Waals surface area contributed by atoms with Gasteiger partial charge < -0.3 is 25.4 Å². The molecule has 158 valence electrons. The van der Waals surface area contributed by atoms with Crippen molar-refractivity contribution in [2.45, 2.75) is 20.0 Å². The molecule has 1 amide bonds. The molecule has 29 heavy (non-hydrogen) atoms. The largest absolute Gasteiger partial charge is 0.493 e. The Bertz CT molecular complexity index is 785. The maximum absolute atomic E-state index is 12.1. The van der Waals surface area contributed by atoms with E-state index in [0.29, 0.717) is 37.1 Å². The summed E-state index contributed by atoms with van der Waals surface area (Å²) in [6.07, 6.45) is 0. The molecule has 0 spiro atoms. The number of methoxy groups -OCH3 is 2. The maximum Gasteiger partial charge on any atom is 0.239 e. The molecule has 0 atom stereocenters. The van der Waals surface area contributed by atoms with Gasteiger partial charge >= 0.3 is 0 Å². The number of nitrogens with zero attached hydrogens (tertiary/aromatic N) is 1. The third-order valence-corrected chi connectivity index (χ3v) is 3.96. The van der Waals surface area contributed by atoms with Gasteiger partial charge in [-0.15, -0.1) is 24.0 Å². The lowest BCUT2D eigenvalue weighted by Gasteiger charge is -2.12. The Kier molecular flexibility index (Phi) is 11.6. The monoisotopic (exact) mass is 512 g/mol. The van der Waals surface area contributed by atoms with Crippen LogP contribution in [0, 0.1) is 0 Å². The van der Waals surface area contributed by atoms with Gasteiger partial charge in [-0.3, -0.25) is 4.79 Å². The number of halogens is 1. The molecule has 0 bridgehead atoms. The predicted octanol–water partition coefficient (Wildman–Crippen LogP) is 2.69. The van der Waals surface area contributed by atoms with Crippen molar-refractivity contribution in [2.75, 3.05) is 27.3 Å². The Balaban J connectivity index is 0.00000420. The van der Waals surface area contributed by atoms with Crippen molar-refractivity contribution in [3.8, 4) is 11.5 Å². The smallest absolute Gasteiger partial charge is 0.239 e. The normalized spacial score (nSPS) is 10.5.